The Kier molecular flexibility index (Phi) is 1.97. The van der Waals surface area contributed by atoms with Crippen LogP contribution in [0.2, 0.25) is 0 Å². The average molecular weight is 174 g/mol. The molecule has 2 rings (SSSR count). The van der Waals surface area contributed by atoms with Crippen molar-refractivity contribution in [3.63, 3.8) is 0 Å². The maximum atomic E-state index is 5.36. The summed E-state index contributed by atoms with van der Waals surface area (Å²) in [4.78, 5) is 0. The fourth-order valence-electron chi connectivity index (χ4n) is 1.48. The van der Waals surface area contributed by atoms with Gasteiger partial charge in [0.25, 0.3) is 0 Å². The molecule has 1 aliphatic heterocycles. The molecule has 0 radical (unpaired) electrons. The minimum Gasteiger partial charge on any atom is -0.365 e. The first-order valence-electron chi connectivity index (χ1n) is 4.60. The second-order valence-corrected chi connectivity index (χ2v) is 3.65. The molecule has 0 spiro atoms. The minimum absolute atomic E-state index is 0.253. The van der Waals surface area contributed by atoms with Crippen molar-refractivity contribution in [1.82, 2.24) is 0 Å². The first-order valence-corrected chi connectivity index (χ1v) is 4.60. The summed E-state index contributed by atoms with van der Waals surface area (Å²) in [6, 6.07) is 8.42. The highest BCUT2D eigenvalue weighted by atomic mass is 16.6. The van der Waals surface area contributed by atoms with Gasteiger partial charge >= 0.3 is 0 Å². The summed E-state index contributed by atoms with van der Waals surface area (Å²) >= 11 is 0. The van der Waals surface area contributed by atoms with Crippen molar-refractivity contribution in [2.75, 3.05) is 0 Å². The van der Waals surface area contributed by atoms with E-state index >= 15 is 0 Å². The Labute approximate surface area is 79.0 Å². The number of hydrogen-bond acceptors (Lipinski definition) is 1. The van der Waals surface area contributed by atoms with Gasteiger partial charge in [0.05, 0.1) is 6.10 Å². The summed E-state index contributed by atoms with van der Waals surface area (Å²) in [5, 5.41) is 0. The molecule has 2 unspecified atom stereocenters. The number of ether oxygens (including phenoxy) is 1. The van der Waals surface area contributed by atoms with Crippen LogP contribution in [0, 0.1) is 6.92 Å². The minimum atomic E-state index is 0.253. The van der Waals surface area contributed by atoms with Gasteiger partial charge in [0.15, 0.2) is 0 Å². The van der Waals surface area contributed by atoms with Crippen LogP contribution in [0.25, 0.3) is 5.57 Å². The molecule has 1 nitrogen and oxygen atoms in total. The van der Waals surface area contributed by atoms with Crippen molar-refractivity contribution in [2.45, 2.75) is 26.1 Å². The fraction of sp³-hybridized carbons (Fsp3) is 0.333. The van der Waals surface area contributed by atoms with Crippen molar-refractivity contribution >= 4 is 5.57 Å². The average Bonchev–Trinajstić information content (AvgIpc) is 2.83. The van der Waals surface area contributed by atoms with Crippen molar-refractivity contribution < 1.29 is 4.74 Å². The first-order chi connectivity index (χ1) is 6.18. The van der Waals surface area contributed by atoms with Gasteiger partial charge in [-0.1, -0.05) is 36.4 Å². The SMILES string of the molecule is C=C(c1ccc(C)cc1)C1OC1C. The lowest BCUT2D eigenvalue weighted by molar-refractivity contribution is 0.403. The van der Waals surface area contributed by atoms with Crippen LogP contribution in [0.15, 0.2) is 30.8 Å². The van der Waals surface area contributed by atoms with Crippen molar-refractivity contribution in [3.8, 4) is 0 Å². The van der Waals surface area contributed by atoms with Crippen LogP contribution in [0.3, 0.4) is 0 Å². The van der Waals surface area contributed by atoms with Crippen LogP contribution in [-0.2, 0) is 4.74 Å². The number of aryl methyl sites for hydroxylation is 1. The molecular weight excluding hydrogens is 160 g/mol. The highest BCUT2D eigenvalue weighted by Crippen LogP contribution is 2.33. The topological polar surface area (TPSA) is 12.5 Å². The standard InChI is InChI=1S/C12H14O/c1-8-4-6-11(7-5-8)9(2)12-10(3)13-12/h4-7,10,12H,2H2,1,3H3. The zero-order valence-corrected chi connectivity index (χ0v) is 8.08. The monoisotopic (exact) mass is 174 g/mol. The van der Waals surface area contributed by atoms with Gasteiger partial charge in [-0.25, -0.2) is 0 Å². The number of hydrogen-bond donors (Lipinski definition) is 0. The molecule has 0 aromatic heterocycles. The van der Waals surface area contributed by atoms with Crippen molar-refractivity contribution in [3.05, 3.63) is 42.0 Å². The lowest BCUT2D eigenvalue weighted by atomic mass is 10.0. The van der Waals surface area contributed by atoms with Crippen LogP contribution in [0.1, 0.15) is 18.1 Å². The molecular formula is C12H14O. The third-order valence-corrected chi connectivity index (χ3v) is 2.48. The summed E-state index contributed by atoms with van der Waals surface area (Å²) < 4.78 is 5.36. The Morgan fingerprint density at radius 3 is 2.31 bits per heavy atom. The smallest absolute Gasteiger partial charge is 0.109 e. The predicted octanol–water partition coefficient (Wildman–Crippen LogP) is 2.80. The Bertz CT molecular complexity index is 323. The van der Waals surface area contributed by atoms with E-state index in [2.05, 4.69) is 44.7 Å². The second-order valence-electron chi connectivity index (χ2n) is 3.65. The molecule has 1 aromatic carbocycles. The lowest BCUT2D eigenvalue weighted by Crippen LogP contribution is -1.93. The molecule has 1 heteroatoms. The van der Waals surface area contributed by atoms with E-state index in [1.54, 1.807) is 0 Å². The third-order valence-electron chi connectivity index (χ3n) is 2.48. The van der Waals surface area contributed by atoms with Crippen LogP contribution in [-0.4, -0.2) is 12.2 Å². The molecule has 1 fully saturated rings. The predicted molar refractivity (Wildman–Crippen MR) is 54.5 cm³/mol. The molecule has 13 heavy (non-hydrogen) atoms. The van der Waals surface area contributed by atoms with E-state index in [1.807, 2.05) is 0 Å². The Hall–Kier alpha value is -1.08. The van der Waals surface area contributed by atoms with E-state index in [4.69, 9.17) is 4.74 Å². The number of rotatable bonds is 2. The normalized spacial score (nSPS) is 25.7. The maximum absolute atomic E-state index is 5.36. The molecule has 0 amide bonds. The highest BCUT2D eigenvalue weighted by Gasteiger charge is 2.36. The number of benzene rings is 1. The summed E-state index contributed by atoms with van der Waals surface area (Å²) in [7, 11) is 0. The van der Waals surface area contributed by atoms with Crippen LogP contribution in [0.4, 0.5) is 0 Å². The molecule has 0 bridgehead atoms. The summed E-state index contributed by atoms with van der Waals surface area (Å²) in [5.41, 5.74) is 3.58. The Balaban J connectivity index is 2.17. The van der Waals surface area contributed by atoms with Gasteiger partial charge in [-0.05, 0) is 25.0 Å². The molecule has 0 aliphatic carbocycles. The maximum Gasteiger partial charge on any atom is 0.109 e. The summed E-state index contributed by atoms with van der Waals surface area (Å²) in [6.45, 7) is 8.20. The van der Waals surface area contributed by atoms with Gasteiger partial charge in [0.1, 0.15) is 6.10 Å². The zero-order valence-electron chi connectivity index (χ0n) is 8.08. The quantitative estimate of drug-likeness (QED) is 0.628. The first kappa shape index (κ1) is 8.52. The van der Waals surface area contributed by atoms with Crippen LogP contribution >= 0.6 is 0 Å². The summed E-state index contributed by atoms with van der Waals surface area (Å²) in [5.74, 6) is 0. The summed E-state index contributed by atoms with van der Waals surface area (Å²) in [6.07, 6.45) is 0.608. The Morgan fingerprint density at radius 1 is 1.31 bits per heavy atom. The van der Waals surface area contributed by atoms with Gasteiger partial charge in [0, 0.05) is 0 Å². The van der Waals surface area contributed by atoms with E-state index < -0.39 is 0 Å². The largest absolute Gasteiger partial charge is 0.365 e. The van der Waals surface area contributed by atoms with Crippen molar-refractivity contribution in [2.24, 2.45) is 0 Å². The van der Waals surface area contributed by atoms with E-state index in [9.17, 15) is 0 Å². The van der Waals surface area contributed by atoms with Gasteiger partial charge < -0.3 is 4.74 Å². The van der Waals surface area contributed by atoms with Crippen LogP contribution in [0.5, 0.6) is 0 Å². The molecule has 1 heterocycles. The molecule has 1 aliphatic rings. The van der Waals surface area contributed by atoms with Crippen LogP contribution < -0.4 is 0 Å². The third kappa shape index (κ3) is 1.65. The zero-order chi connectivity index (χ0) is 9.42. The van der Waals surface area contributed by atoms with E-state index in [1.165, 1.54) is 11.1 Å². The fourth-order valence-corrected chi connectivity index (χ4v) is 1.48. The van der Waals surface area contributed by atoms with E-state index in [0.29, 0.717) is 6.10 Å². The second kappa shape index (κ2) is 3.00. The molecule has 2 atom stereocenters. The highest BCUT2D eigenvalue weighted by molar-refractivity contribution is 5.69. The molecule has 1 aromatic rings. The van der Waals surface area contributed by atoms with E-state index in [0.717, 1.165) is 5.57 Å². The van der Waals surface area contributed by atoms with Crippen molar-refractivity contribution in [1.29, 1.82) is 0 Å². The lowest BCUT2D eigenvalue weighted by Gasteiger charge is -2.02. The van der Waals surface area contributed by atoms with Gasteiger partial charge in [-0.2, -0.15) is 0 Å². The molecule has 0 N–H and O–H groups in total. The van der Waals surface area contributed by atoms with Gasteiger partial charge in [-0.3, -0.25) is 0 Å². The molecule has 1 saturated heterocycles. The van der Waals surface area contributed by atoms with E-state index in [-0.39, 0.29) is 6.10 Å². The Morgan fingerprint density at radius 2 is 1.85 bits per heavy atom. The molecule has 0 saturated carbocycles. The molecule has 68 valence electrons. The van der Waals surface area contributed by atoms with Gasteiger partial charge in [0.2, 0.25) is 0 Å². The number of epoxide rings is 1. The van der Waals surface area contributed by atoms with Gasteiger partial charge in [-0.15, -0.1) is 0 Å².